The first-order chi connectivity index (χ1) is 14.1. The fourth-order valence-corrected chi connectivity index (χ4v) is 4.15. The molecule has 1 amide bonds. The molecule has 0 unspecified atom stereocenters. The van der Waals surface area contributed by atoms with E-state index < -0.39 is 0 Å². The summed E-state index contributed by atoms with van der Waals surface area (Å²) in [5.74, 6) is 0.766. The van der Waals surface area contributed by atoms with Crippen LogP contribution in [0.4, 0.5) is 5.13 Å². The molecule has 0 aliphatic carbocycles. The van der Waals surface area contributed by atoms with E-state index in [4.69, 9.17) is 9.72 Å². The summed E-state index contributed by atoms with van der Waals surface area (Å²) in [7, 11) is 1.64. The van der Waals surface area contributed by atoms with Gasteiger partial charge in [0.1, 0.15) is 5.75 Å². The Hall–Kier alpha value is -3.25. The fourth-order valence-electron chi connectivity index (χ4n) is 3.14. The second kappa shape index (κ2) is 8.41. The number of ether oxygens (including phenoxy) is 1. The normalized spacial score (nSPS) is 10.8. The molecular formula is C23H21N3O2S. The molecule has 0 saturated carbocycles. The van der Waals surface area contributed by atoms with Crippen LogP contribution in [-0.2, 0) is 17.8 Å². The van der Waals surface area contributed by atoms with E-state index in [0.717, 1.165) is 32.8 Å². The first kappa shape index (κ1) is 19.1. The average molecular weight is 404 g/mol. The van der Waals surface area contributed by atoms with Gasteiger partial charge in [-0.1, -0.05) is 47.2 Å². The maximum absolute atomic E-state index is 13.3. The van der Waals surface area contributed by atoms with Crippen LogP contribution in [-0.4, -0.2) is 23.0 Å². The van der Waals surface area contributed by atoms with E-state index in [-0.39, 0.29) is 5.91 Å². The molecule has 6 heteroatoms. The summed E-state index contributed by atoms with van der Waals surface area (Å²) in [4.78, 5) is 24.1. The molecule has 29 heavy (non-hydrogen) atoms. The molecule has 0 atom stereocenters. The summed E-state index contributed by atoms with van der Waals surface area (Å²) in [6, 6.07) is 19.5. The monoisotopic (exact) mass is 403 g/mol. The predicted molar refractivity (Wildman–Crippen MR) is 116 cm³/mol. The highest BCUT2D eigenvalue weighted by Gasteiger charge is 2.21. The summed E-state index contributed by atoms with van der Waals surface area (Å²) >= 11 is 1.48. The third-order valence-electron chi connectivity index (χ3n) is 4.60. The van der Waals surface area contributed by atoms with Crippen molar-refractivity contribution in [2.24, 2.45) is 0 Å². The maximum atomic E-state index is 13.3. The molecule has 0 aliphatic heterocycles. The van der Waals surface area contributed by atoms with Crippen LogP contribution in [0.2, 0.25) is 0 Å². The molecule has 2 aromatic heterocycles. The molecule has 0 bridgehead atoms. The number of fused-ring (bicyclic) bond motifs is 1. The standard InChI is InChI=1S/C23H21N3O2S/c1-16-6-5-7-17(12-16)13-22(27)26(15-18-8-3-4-11-24-18)23-25-20-10-9-19(28-2)14-21(20)29-23/h3-12,14H,13,15H2,1-2H3. The van der Waals surface area contributed by atoms with Gasteiger partial charge in [-0.05, 0) is 42.8 Å². The second-order valence-electron chi connectivity index (χ2n) is 6.80. The van der Waals surface area contributed by atoms with Crippen molar-refractivity contribution in [1.82, 2.24) is 9.97 Å². The smallest absolute Gasteiger partial charge is 0.233 e. The minimum atomic E-state index is -0.00715. The molecule has 0 spiro atoms. The third-order valence-corrected chi connectivity index (χ3v) is 5.64. The van der Waals surface area contributed by atoms with E-state index in [1.165, 1.54) is 11.3 Å². The van der Waals surface area contributed by atoms with E-state index in [1.54, 1.807) is 18.2 Å². The van der Waals surface area contributed by atoms with Crippen LogP contribution in [0.3, 0.4) is 0 Å². The number of anilines is 1. The van der Waals surface area contributed by atoms with Crippen molar-refractivity contribution in [3.8, 4) is 5.75 Å². The number of methoxy groups -OCH3 is 1. The summed E-state index contributed by atoms with van der Waals surface area (Å²) in [6.45, 7) is 2.41. The fraction of sp³-hybridized carbons (Fsp3) is 0.174. The highest BCUT2D eigenvalue weighted by Crippen LogP contribution is 2.32. The number of aryl methyl sites for hydroxylation is 1. The van der Waals surface area contributed by atoms with Crippen LogP contribution in [0.5, 0.6) is 5.75 Å². The van der Waals surface area contributed by atoms with Crippen molar-refractivity contribution >= 4 is 32.6 Å². The van der Waals surface area contributed by atoms with E-state index in [1.807, 2.05) is 67.6 Å². The number of pyridine rings is 1. The highest BCUT2D eigenvalue weighted by molar-refractivity contribution is 7.22. The Kier molecular flexibility index (Phi) is 5.53. The minimum Gasteiger partial charge on any atom is -0.497 e. The lowest BCUT2D eigenvalue weighted by atomic mass is 10.1. The van der Waals surface area contributed by atoms with Gasteiger partial charge in [-0.25, -0.2) is 4.98 Å². The summed E-state index contributed by atoms with van der Waals surface area (Å²) in [5, 5.41) is 0.663. The van der Waals surface area contributed by atoms with Gasteiger partial charge >= 0.3 is 0 Å². The van der Waals surface area contributed by atoms with Crippen LogP contribution in [0.25, 0.3) is 10.2 Å². The van der Waals surface area contributed by atoms with E-state index in [9.17, 15) is 4.79 Å². The van der Waals surface area contributed by atoms with E-state index in [0.29, 0.717) is 18.1 Å². The molecule has 0 saturated heterocycles. The van der Waals surface area contributed by atoms with Crippen LogP contribution in [0.15, 0.2) is 66.9 Å². The van der Waals surface area contributed by atoms with Gasteiger partial charge in [0.2, 0.25) is 5.91 Å². The number of nitrogens with zero attached hydrogens (tertiary/aromatic N) is 3. The molecule has 4 aromatic rings. The van der Waals surface area contributed by atoms with Crippen LogP contribution in [0.1, 0.15) is 16.8 Å². The zero-order valence-electron chi connectivity index (χ0n) is 16.3. The molecular weight excluding hydrogens is 382 g/mol. The Morgan fingerprint density at radius 2 is 2.00 bits per heavy atom. The molecule has 146 valence electrons. The lowest BCUT2D eigenvalue weighted by Crippen LogP contribution is -2.32. The van der Waals surface area contributed by atoms with Crippen molar-refractivity contribution in [2.75, 3.05) is 12.0 Å². The Labute approximate surface area is 173 Å². The number of rotatable bonds is 6. The van der Waals surface area contributed by atoms with Gasteiger partial charge in [-0.15, -0.1) is 0 Å². The van der Waals surface area contributed by atoms with Crippen molar-refractivity contribution < 1.29 is 9.53 Å². The Morgan fingerprint density at radius 1 is 1.10 bits per heavy atom. The Bertz CT molecular complexity index is 1140. The largest absolute Gasteiger partial charge is 0.497 e. The Balaban J connectivity index is 1.68. The average Bonchev–Trinajstić information content (AvgIpc) is 3.15. The Morgan fingerprint density at radius 3 is 2.76 bits per heavy atom. The SMILES string of the molecule is COc1ccc2nc(N(Cc3ccccn3)C(=O)Cc3cccc(C)c3)sc2c1. The zero-order chi connectivity index (χ0) is 20.2. The van der Waals surface area contributed by atoms with E-state index >= 15 is 0 Å². The lowest BCUT2D eigenvalue weighted by Gasteiger charge is -2.19. The molecule has 0 radical (unpaired) electrons. The molecule has 4 rings (SSSR count). The van der Waals surface area contributed by atoms with Gasteiger partial charge in [-0.2, -0.15) is 0 Å². The van der Waals surface area contributed by atoms with Crippen LogP contribution in [0, 0.1) is 6.92 Å². The maximum Gasteiger partial charge on any atom is 0.233 e. The van der Waals surface area contributed by atoms with Crippen molar-refractivity contribution in [1.29, 1.82) is 0 Å². The molecule has 0 fully saturated rings. The van der Waals surface area contributed by atoms with E-state index in [2.05, 4.69) is 4.98 Å². The number of carbonyl (C=O) groups is 1. The zero-order valence-corrected chi connectivity index (χ0v) is 17.1. The van der Waals surface area contributed by atoms with Gasteiger partial charge in [0.15, 0.2) is 5.13 Å². The number of carbonyl (C=O) groups excluding carboxylic acids is 1. The lowest BCUT2D eigenvalue weighted by molar-refractivity contribution is -0.118. The number of benzene rings is 2. The van der Waals surface area contributed by atoms with Gasteiger partial charge in [0, 0.05) is 6.20 Å². The number of amides is 1. The molecule has 0 aliphatic rings. The first-order valence-electron chi connectivity index (χ1n) is 9.33. The third kappa shape index (κ3) is 4.43. The molecule has 5 nitrogen and oxygen atoms in total. The second-order valence-corrected chi connectivity index (χ2v) is 7.81. The predicted octanol–water partition coefficient (Wildman–Crippen LogP) is 4.78. The van der Waals surface area contributed by atoms with Crippen molar-refractivity contribution in [2.45, 2.75) is 19.9 Å². The summed E-state index contributed by atoms with van der Waals surface area (Å²) in [5.41, 5.74) is 3.80. The molecule has 2 aromatic carbocycles. The molecule has 0 N–H and O–H groups in total. The van der Waals surface area contributed by atoms with Crippen molar-refractivity contribution in [3.63, 3.8) is 0 Å². The van der Waals surface area contributed by atoms with Gasteiger partial charge in [-0.3, -0.25) is 14.7 Å². The number of thiazole rings is 1. The topological polar surface area (TPSA) is 55.3 Å². The highest BCUT2D eigenvalue weighted by atomic mass is 32.1. The van der Waals surface area contributed by atoms with Crippen LogP contribution >= 0.6 is 11.3 Å². The first-order valence-corrected chi connectivity index (χ1v) is 10.1. The molecule has 2 heterocycles. The minimum absolute atomic E-state index is 0.00715. The van der Waals surface area contributed by atoms with Crippen LogP contribution < -0.4 is 9.64 Å². The summed E-state index contributed by atoms with van der Waals surface area (Å²) < 4.78 is 6.29. The van der Waals surface area contributed by atoms with Crippen molar-refractivity contribution in [3.05, 3.63) is 83.7 Å². The number of aromatic nitrogens is 2. The van der Waals surface area contributed by atoms with Gasteiger partial charge in [0.25, 0.3) is 0 Å². The van der Waals surface area contributed by atoms with Gasteiger partial charge < -0.3 is 4.74 Å². The van der Waals surface area contributed by atoms with Gasteiger partial charge in [0.05, 0.1) is 36.0 Å². The number of hydrogen-bond acceptors (Lipinski definition) is 5. The summed E-state index contributed by atoms with van der Waals surface area (Å²) in [6.07, 6.45) is 2.05. The quantitative estimate of drug-likeness (QED) is 0.465. The number of hydrogen-bond donors (Lipinski definition) is 0.